The molecule has 18 heavy (non-hydrogen) atoms. The van der Waals surface area contributed by atoms with E-state index in [0.29, 0.717) is 5.56 Å². The monoisotopic (exact) mass is 240 g/mol. The maximum absolute atomic E-state index is 9.21. The lowest BCUT2D eigenvalue weighted by atomic mass is 10.1. The van der Waals surface area contributed by atoms with Crippen molar-refractivity contribution in [2.75, 3.05) is 6.54 Å². The van der Waals surface area contributed by atoms with E-state index in [1.807, 2.05) is 29.0 Å². The molecular formula is C14H16N4. The summed E-state index contributed by atoms with van der Waals surface area (Å²) in [6, 6.07) is 8.17. The fraction of sp³-hybridized carbons (Fsp3) is 0.286. The van der Waals surface area contributed by atoms with Gasteiger partial charge < -0.3 is 9.88 Å². The summed E-state index contributed by atoms with van der Waals surface area (Å²) in [5, 5.41) is 12.5. The lowest BCUT2D eigenvalue weighted by Gasteiger charge is -2.08. The van der Waals surface area contributed by atoms with Gasteiger partial charge in [0, 0.05) is 18.9 Å². The number of nitrogens with zero attached hydrogens (tertiary/aromatic N) is 3. The Morgan fingerprint density at radius 2 is 2.33 bits per heavy atom. The highest BCUT2D eigenvalue weighted by molar-refractivity contribution is 5.50. The standard InChI is InChI=1S/C14H16N4/c1-2-5-16-10-12-3-4-14(13(8-12)9-15)18-7-6-17-11-18/h3-4,6-8,11,16H,2,5,10H2,1H3. The normalized spacial score (nSPS) is 10.2. The first-order valence-electron chi connectivity index (χ1n) is 6.07. The molecule has 0 saturated heterocycles. The van der Waals surface area contributed by atoms with Gasteiger partial charge in [-0.05, 0) is 30.7 Å². The molecule has 0 spiro atoms. The molecule has 0 radical (unpaired) electrons. The average Bonchev–Trinajstić information content (AvgIpc) is 2.92. The summed E-state index contributed by atoms with van der Waals surface area (Å²) in [6.07, 6.45) is 6.35. The molecular weight excluding hydrogens is 224 g/mol. The number of benzene rings is 1. The van der Waals surface area contributed by atoms with Crippen LogP contribution in [0.2, 0.25) is 0 Å². The van der Waals surface area contributed by atoms with Crippen LogP contribution >= 0.6 is 0 Å². The van der Waals surface area contributed by atoms with Crippen LogP contribution in [-0.2, 0) is 6.54 Å². The quantitative estimate of drug-likeness (QED) is 0.815. The van der Waals surface area contributed by atoms with Crippen LogP contribution in [0.15, 0.2) is 36.9 Å². The molecule has 1 aromatic carbocycles. The number of nitriles is 1. The number of nitrogens with one attached hydrogen (secondary N) is 1. The van der Waals surface area contributed by atoms with Crippen molar-refractivity contribution in [2.24, 2.45) is 0 Å². The first-order valence-corrected chi connectivity index (χ1v) is 6.07. The Bertz CT molecular complexity index is 537. The maximum Gasteiger partial charge on any atom is 0.101 e. The van der Waals surface area contributed by atoms with Gasteiger partial charge in [-0.3, -0.25) is 0 Å². The molecule has 0 aliphatic rings. The van der Waals surface area contributed by atoms with Crippen molar-refractivity contribution in [1.82, 2.24) is 14.9 Å². The molecule has 2 rings (SSSR count). The Morgan fingerprint density at radius 1 is 1.44 bits per heavy atom. The number of imidazole rings is 1. The van der Waals surface area contributed by atoms with E-state index in [4.69, 9.17) is 0 Å². The Morgan fingerprint density at radius 3 is 3.00 bits per heavy atom. The second kappa shape index (κ2) is 5.99. The van der Waals surface area contributed by atoms with Gasteiger partial charge in [-0.2, -0.15) is 5.26 Å². The third-order valence-electron chi connectivity index (χ3n) is 2.72. The third-order valence-corrected chi connectivity index (χ3v) is 2.72. The maximum atomic E-state index is 9.21. The SMILES string of the molecule is CCCNCc1ccc(-n2ccnc2)c(C#N)c1. The first-order chi connectivity index (χ1) is 8.85. The van der Waals surface area contributed by atoms with Crippen LogP contribution in [0.5, 0.6) is 0 Å². The van der Waals surface area contributed by atoms with Crippen molar-refractivity contribution in [2.45, 2.75) is 19.9 Å². The third kappa shape index (κ3) is 2.76. The minimum Gasteiger partial charge on any atom is -0.313 e. The first kappa shape index (κ1) is 12.3. The second-order valence-corrected chi connectivity index (χ2v) is 4.11. The van der Waals surface area contributed by atoms with Crippen molar-refractivity contribution in [3.8, 4) is 11.8 Å². The van der Waals surface area contributed by atoms with E-state index in [0.717, 1.165) is 30.8 Å². The molecule has 0 aliphatic heterocycles. The van der Waals surface area contributed by atoms with Crippen LogP contribution in [0.25, 0.3) is 5.69 Å². The largest absolute Gasteiger partial charge is 0.313 e. The van der Waals surface area contributed by atoms with Crippen molar-refractivity contribution < 1.29 is 0 Å². The lowest BCUT2D eigenvalue weighted by Crippen LogP contribution is -2.14. The minimum atomic E-state index is 0.670. The molecule has 0 saturated carbocycles. The zero-order valence-corrected chi connectivity index (χ0v) is 10.4. The van der Waals surface area contributed by atoms with Crippen molar-refractivity contribution >= 4 is 0 Å². The zero-order valence-electron chi connectivity index (χ0n) is 10.4. The number of hydrogen-bond donors (Lipinski definition) is 1. The number of hydrogen-bond acceptors (Lipinski definition) is 3. The summed E-state index contributed by atoms with van der Waals surface area (Å²) in [5.41, 5.74) is 2.67. The molecule has 1 N–H and O–H groups in total. The number of aromatic nitrogens is 2. The molecule has 2 aromatic rings. The van der Waals surface area contributed by atoms with E-state index < -0.39 is 0 Å². The van der Waals surface area contributed by atoms with Gasteiger partial charge in [0.25, 0.3) is 0 Å². The topological polar surface area (TPSA) is 53.6 Å². The van der Waals surface area contributed by atoms with Gasteiger partial charge in [-0.25, -0.2) is 4.98 Å². The van der Waals surface area contributed by atoms with Gasteiger partial charge in [0.15, 0.2) is 0 Å². The van der Waals surface area contributed by atoms with E-state index in [-0.39, 0.29) is 0 Å². The molecule has 0 bridgehead atoms. The summed E-state index contributed by atoms with van der Waals surface area (Å²) < 4.78 is 1.85. The van der Waals surface area contributed by atoms with Gasteiger partial charge in [-0.15, -0.1) is 0 Å². The highest BCUT2D eigenvalue weighted by Gasteiger charge is 2.05. The van der Waals surface area contributed by atoms with Crippen molar-refractivity contribution in [3.63, 3.8) is 0 Å². The summed E-state index contributed by atoms with van der Waals surface area (Å²) in [4.78, 5) is 4.00. The van der Waals surface area contributed by atoms with Gasteiger partial charge in [-0.1, -0.05) is 13.0 Å². The van der Waals surface area contributed by atoms with Crippen LogP contribution in [0.3, 0.4) is 0 Å². The Labute approximate surface area is 107 Å². The van der Waals surface area contributed by atoms with Gasteiger partial charge in [0.2, 0.25) is 0 Å². The van der Waals surface area contributed by atoms with Gasteiger partial charge >= 0.3 is 0 Å². The predicted octanol–water partition coefficient (Wildman–Crippen LogP) is 2.24. The lowest BCUT2D eigenvalue weighted by molar-refractivity contribution is 0.675. The zero-order chi connectivity index (χ0) is 12.8. The van der Waals surface area contributed by atoms with Crippen LogP contribution in [0.4, 0.5) is 0 Å². The average molecular weight is 240 g/mol. The van der Waals surface area contributed by atoms with E-state index in [2.05, 4.69) is 23.3 Å². The molecule has 0 fully saturated rings. The summed E-state index contributed by atoms with van der Waals surface area (Å²) >= 11 is 0. The molecule has 0 unspecified atom stereocenters. The molecule has 0 amide bonds. The summed E-state index contributed by atoms with van der Waals surface area (Å²) in [5.74, 6) is 0. The molecule has 1 aromatic heterocycles. The van der Waals surface area contributed by atoms with Crippen molar-refractivity contribution in [1.29, 1.82) is 5.26 Å². The van der Waals surface area contributed by atoms with Crippen LogP contribution in [0.1, 0.15) is 24.5 Å². The minimum absolute atomic E-state index is 0.670. The molecule has 0 aliphatic carbocycles. The number of rotatable bonds is 5. The van der Waals surface area contributed by atoms with E-state index in [1.54, 1.807) is 12.5 Å². The summed E-state index contributed by atoms with van der Waals surface area (Å²) in [7, 11) is 0. The van der Waals surface area contributed by atoms with Crippen LogP contribution in [-0.4, -0.2) is 16.1 Å². The van der Waals surface area contributed by atoms with Crippen LogP contribution < -0.4 is 5.32 Å². The highest BCUT2D eigenvalue weighted by atomic mass is 15.0. The Hall–Kier alpha value is -2.12. The highest BCUT2D eigenvalue weighted by Crippen LogP contribution is 2.15. The Balaban J connectivity index is 2.22. The smallest absolute Gasteiger partial charge is 0.101 e. The van der Waals surface area contributed by atoms with E-state index >= 15 is 0 Å². The molecule has 4 heteroatoms. The van der Waals surface area contributed by atoms with E-state index in [9.17, 15) is 5.26 Å². The van der Waals surface area contributed by atoms with E-state index in [1.165, 1.54) is 0 Å². The van der Waals surface area contributed by atoms with Crippen molar-refractivity contribution in [3.05, 3.63) is 48.0 Å². The summed E-state index contributed by atoms with van der Waals surface area (Å²) in [6.45, 7) is 3.92. The van der Waals surface area contributed by atoms with Crippen LogP contribution in [0, 0.1) is 11.3 Å². The van der Waals surface area contributed by atoms with Gasteiger partial charge in [0.1, 0.15) is 6.07 Å². The predicted molar refractivity (Wildman–Crippen MR) is 70.3 cm³/mol. The van der Waals surface area contributed by atoms with Gasteiger partial charge in [0.05, 0.1) is 17.6 Å². The fourth-order valence-corrected chi connectivity index (χ4v) is 1.82. The second-order valence-electron chi connectivity index (χ2n) is 4.11. The molecule has 0 atom stereocenters. The fourth-order valence-electron chi connectivity index (χ4n) is 1.82. The molecule has 4 nitrogen and oxygen atoms in total. The Kier molecular flexibility index (Phi) is 4.11. The molecule has 92 valence electrons. The molecule has 1 heterocycles.